The topological polar surface area (TPSA) is 59.1 Å². The van der Waals surface area contributed by atoms with E-state index in [-0.39, 0.29) is 0 Å². The van der Waals surface area contributed by atoms with E-state index < -0.39 is 0 Å². The lowest BCUT2D eigenvalue weighted by molar-refractivity contribution is 0.417. The van der Waals surface area contributed by atoms with Crippen LogP contribution in [0.4, 0.5) is 17.5 Å². The first kappa shape index (κ1) is 18.3. The molecule has 2 aromatic carbocycles. The fourth-order valence-corrected chi connectivity index (χ4v) is 2.83. The molecule has 0 amide bonds. The lowest BCUT2D eigenvalue weighted by Gasteiger charge is -2.11. The molecule has 5 nitrogen and oxygen atoms in total. The van der Waals surface area contributed by atoms with Crippen LogP contribution in [0.3, 0.4) is 0 Å². The van der Waals surface area contributed by atoms with Gasteiger partial charge in [-0.15, -0.1) is 0 Å². The number of methoxy groups -OCH3 is 1. The average Bonchev–Trinajstić information content (AvgIpc) is 2.62. The van der Waals surface area contributed by atoms with Gasteiger partial charge in [0.1, 0.15) is 11.6 Å². The highest BCUT2D eigenvalue weighted by Crippen LogP contribution is 2.29. The molecule has 3 aromatic rings. The lowest BCUT2D eigenvalue weighted by atomic mass is 10.1. The minimum Gasteiger partial charge on any atom is -0.495 e. The number of benzene rings is 2. The highest BCUT2D eigenvalue weighted by Gasteiger charge is 2.06. The molecular formula is C19H18Cl2N4O. The molecule has 0 unspecified atom stereocenters. The summed E-state index contributed by atoms with van der Waals surface area (Å²) in [6.07, 6.45) is 2.53. The van der Waals surface area contributed by atoms with Gasteiger partial charge in [-0.25, -0.2) is 4.98 Å². The van der Waals surface area contributed by atoms with Crippen molar-refractivity contribution in [3.63, 3.8) is 0 Å². The first-order valence-electron chi connectivity index (χ1n) is 8.06. The van der Waals surface area contributed by atoms with E-state index in [9.17, 15) is 0 Å². The van der Waals surface area contributed by atoms with Crippen molar-refractivity contribution in [1.29, 1.82) is 0 Å². The average molecular weight is 389 g/mol. The largest absolute Gasteiger partial charge is 0.495 e. The standard InChI is InChI=1S/C19H18Cl2N4O/c1-26-17-6-5-15(21)12-16(17)24-19-23-10-8-18(25-19)22-9-7-13-3-2-4-14(20)11-13/h2-6,8,10-12H,7,9H2,1H3,(H2,22,23,24,25). The van der Waals surface area contributed by atoms with Gasteiger partial charge in [-0.05, 0) is 48.4 Å². The van der Waals surface area contributed by atoms with E-state index in [4.69, 9.17) is 27.9 Å². The number of halogens is 2. The van der Waals surface area contributed by atoms with Crippen molar-refractivity contribution in [1.82, 2.24) is 9.97 Å². The van der Waals surface area contributed by atoms with Gasteiger partial charge in [0.05, 0.1) is 12.8 Å². The maximum atomic E-state index is 6.05. The zero-order valence-corrected chi connectivity index (χ0v) is 15.7. The van der Waals surface area contributed by atoms with Gasteiger partial charge in [0.25, 0.3) is 0 Å². The molecule has 2 N–H and O–H groups in total. The van der Waals surface area contributed by atoms with Gasteiger partial charge in [0.2, 0.25) is 5.95 Å². The van der Waals surface area contributed by atoms with Crippen molar-refractivity contribution < 1.29 is 4.74 Å². The molecule has 0 fully saturated rings. The molecule has 26 heavy (non-hydrogen) atoms. The molecule has 0 atom stereocenters. The molecule has 3 rings (SSSR count). The van der Waals surface area contributed by atoms with Gasteiger partial charge in [-0.1, -0.05) is 35.3 Å². The normalized spacial score (nSPS) is 10.4. The lowest BCUT2D eigenvalue weighted by Crippen LogP contribution is -2.08. The molecule has 0 aliphatic carbocycles. The monoisotopic (exact) mass is 388 g/mol. The second-order valence-electron chi connectivity index (χ2n) is 5.54. The van der Waals surface area contributed by atoms with Gasteiger partial charge in [0.15, 0.2) is 0 Å². The number of hydrogen-bond acceptors (Lipinski definition) is 5. The third-order valence-electron chi connectivity index (χ3n) is 3.67. The fourth-order valence-electron chi connectivity index (χ4n) is 2.44. The van der Waals surface area contributed by atoms with Crippen LogP contribution in [-0.4, -0.2) is 23.6 Å². The Bertz CT molecular complexity index is 889. The van der Waals surface area contributed by atoms with E-state index in [0.717, 1.165) is 23.8 Å². The summed E-state index contributed by atoms with van der Waals surface area (Å²) in [5, 5.41) is 7.76. The van der Waals surface area contributed by atoms with Crippen LogP contribution >= 0.6 is 23.2 Å². The summed E-state index contributed by atoms with van der Waals surface area (Å²) in [6.45, 7) is 0.733. The summed E-state index contributed by atoms with van der Waals surface area (Å²) in [6, 6.07) is 15.0. The molecule has 0 radical (unpaired) electrons. The van der Waals surface area contributed by atoms with Crippen molar-refractivity contribution in [2.45, 2.75) is 6.42 Å². The third-order valence-corrected chi connectivity index (χ3v) is 4.14. The first-order valence-corrected chi connectivity index (χ1v) is 8.81. The molecular weight excluding hydrogens is 371 g/mol. The molecule has 1 aromatic heterocycles. The van der Waals surface area contributed by atoms with Crippen molar-refractivity contribution in [2.75, 3.05) is 24.3 Å². The Morgan fingerprint density at radius 2 is 1.88 bits per heavy atom. The van der Waals surface area contributed by atoms with E-state index in [1.54, 1.807) is 31.5 Å². The highest BCUT2D eigenvalue weighted by molar-refractivity contribution is 6.31. The Balaban J connectivity index is 1.64. The molecule has 0 saturated heterocycles. The third kappa shape index (κ3) is 5.00. The summed E-state index contributed by atoms with van der Waals surface area (Å²) in [7, 11) is 1.60. The van der Waals surface area contributed by atoms with E-state index in [1.165, 1.54) is 5.56 Å². The summed E-state index contributed by atoms with van der Waals surface area (Å²) >= 11 is 12.1. The molecule has 0 spiro atoms. The molecule has 0 saturated carbocycles. The summed E-state index contributed by atoms with van der Waals surface area (Å²) in [5.74, 6) is 1.85. The Morgan fingerprint density at radius 3 is 2.69 bits per heavy atom. The molecule has 1 heterocycles. The highest BCUT2D eigenvalue weighted by atomic mass is 35.5. The van der Waals surface area contributed by atoms with Gasteiger partial charge in [0, 0.05) is 22.8 Å². The van der Waals surface area contributed by atoms with E-state index in [1.807, 2.05) is 30.3 Å². The van der Waals surface area contributed by atoms with Crippen molar-refractivity contribution in [3.05, 3.63) is 70.3 Å². The number of rotatable bonds is 7. The van der Waals surface area contributed by atoms with Gasteiger partial charge < -0.3 is 15.4 Å². The van der Waals surface area contributed by atoms with Crippen molar-refractivity contribution in [2.24, 2.45) is 0 Å². The van der Waals surface area contributed by atoms with E-state index in [2.05, 4.69) is 20.6 Å². The van der Waals surface area contributed by atoms with Gasteiger partial charge in [-0.3, -0.25) is 0 Å². The number of ether oxygens (including phenoxy) is 1. The van der Waals surface area contributed by atoms with Crippen LogP contribution in [-0.2, 0) is 6.42 Å². The predicted molar refractivity (Wildman–Crippen MR) is 107 cm³/mol. The Labute approximate surface area is 162 Å². The summed E-state index contributed by atoms with van der Waals surface area (Å²) in [5.41, 5.74) is 1.87. The fraction of sp³-hybridized carbons (Fsp3) is 0.158. The van der Waals surface area contributed by atoms with Crippen LogP contribution in [0.5, 0.6) is 5.75 Å². The predicted octanol–water partition coefficient (Wildman–Crippen LogP) is 5.19. The van der Waals surface area contributed by atoms with E-state index in [0.29, 0.717) is 22.4 Å². The zero-order chi connectivity index (χ0) is 18.4. The van der Waals surface area contributed by atoms with E-state index >= 15 is 0 Å². The minimum absolute atomic E-state index is 0.457. The maximum Gasteiger partial charge on any atom is 0.229 e. The van der Waals surface area contributed by atoms with Crippen LogP contribution in [0.1, 0.15) is 5.56 Å². The SMILES string of the molecule is COc1ccc(Cl)cc1Nc1nccc(NCCc2cccc(Cl)c2)n1. The van der Waals surface area contributed by atoms with Gasteiger partial charge in [-0.2, -0.15) is 4.98 Å². The summed E-state index contributed by atoms with van der Waals surface area (Å²) < 4.78 is 5.32. The van der Waals surface area contributed by atoms with Crippen LogP contribution in [0.2, 0.25) is 10.0 Å². The zero-order valence-electron chi connectivity index (χ0n) is 14.2. The smallest absolute Gasteiger partial charge is 0.229 e. The van der Waals surface area contributed by atoms with Crippen LogP contribution in [0, 0.1) is 0 Å². The molecule has 0 aliphatic heterocycles. The van der Waals surface area contributed by atoms with Gasteiger partial charge >= 0.3 is 0 Å². The number of nitrogens with zero attached hydrogens (tertiary/aromatic N) is 2. The Kier molecular flexibility index (Phi) is 6.15. The second-order valence-corrected chi connectivity index (χ2v) is 6.41. The van der Waals surface area contributed by atoms with Crippen LogP contribution in [0.25, 0.3) is 0 Å². The molecule has 134 valence electrons. The second kappa shape index (κ2) is 8.74. The summed E-state index contributed by atoms with van der Waals surface area (Å²) in [4.78, 5) is 8.70. The number of nitrogens with one attached hydrogen (secondary N) is 2. The van der Waals surface area contributed by atoms with Crippen LogP contribution in [0.15, 0.2) is 54.7 Å². The quantitative estimate of drug-likeness (QED) is 0.582. The van der Waals surface area contributed by atoms with Crippen molar-refractivity contribution in [3.8, 4) is 5.75 Å². The molecule has 0 aliphatic rings. The first-order chi connectivity index (χ1) is 12.6. The Hall–Kier alpha value is -2.50. The molecule has 0 bridgehead atoms. The number of aromatic nitrogens is 2. The minimum atomic E-state index is 0.457. The number of anilines is 3. The number of hydrogen-bond donors (Lipinski definition) is 2. The molecule has 7 heteroatoms. The Morgan fingerprint density at radius 1 is 1.04 bits per heavy atom. The van der Waals surface area contributed by atoms with Crippen LogP contribution < -0.4 is 15.4 Å². The maximum absolute atomic E-state index is 6.05. The van der Waals surface area contributed by atoms with Crippen molar-refractivity contribution >= 4 is 40.7 Å².